The van der Waals surface area contributed by atoms with Crippen molar-refractivity contribution < 1.29 is 14.2 Å². The zero-order valence-corrected chi connectivity index (χ0v) is 17.5. The molecule has 29 heavy (non-hydrogen) atoms. The standard InChI is InChI=1S/C24H32N2O3/c1-27-23-5-3-19(15-24(23)28-2)17-7-11-26(12-8-17)13-9-18-10-14-29-22-6-4-20(25)16-21(18)22/h3-6,15-18H,7-14,25H2,1-2H3. The van der Waals surface area contributed by atoms with Gasteiger partial charge in [0.2, 0.25) is 0 Å². The molecule has 5 heteroatoms. The maximum Gasteiger partial charge on any atom is 0.160 e. The van der Waals surface area contributed by atoms with Crippen LogP contribution in [0, 0.1) is 0 Å². The first kappa shape index (κ1) is 19.9. The lowest BCUT2D eigenvalue weighted by molar-refractivity contribution is 0.194. The first-order valence-electron chi connectivity index (χ1n) is 10.6. The van der Waals surface area contributed by atoms with E-state index >= 15 is 0 Å². The molecule has 0 amide bonds. The van der Waals surface area contributed by atoms with E-state index in [1.54, 1.807) is 14.2 Å². The zero-order chi connectivity index (χ0) is 20.2. The molecule has 2 heterocycles. The van der Waals surface area contributed by atoms with E-state index in [0.717, 1.165) is 55.6 Å². The monoisotopic (exact) mass is 396 g/mol. The fourth-order valence-electron chi connectivity index (χ4n) is 4.72. The minimum absolute atomic E-state index is 0.547. The molecule has 156 valence electrons. The molecule has 0 aromatic heterocycles. The van der Waals surface area contributed by atoms with Gasteiger partial charge in [0.15, 0.2) is 11.5 Å². The van der Waals surface area contributed by atoms with Crippen LogP contribution in [-0.2, 0) is 0 Å². The Labute approximate surface area is 173 Å². The molecule has 2 aliphatic rings. The Morgan fingerprint density at radius 2 is 1.79 bits per heavy atom. The topological polar surface area (TPSA) is 57.0 Å². The van der Waals surface area contributed by atoms with Crippen molar-refractivity contribution in [2.24, 2.45) is 0 Å². The Balaban J connectivity index is 1.32. The van der Waals surface area contributed by atoms with Crippen LogP contribution in [0.3, 0.4) is 0 Å². The van der Waals surface area contributed by atoms with Gasteiger partial charge in [-0.25, -0.2) is 0 Å². The van der Waals surface area contributed by atoms with Crippen molar-refractivity contribution in [3.8, 4) is 17.2 Å². The Hall–Kier alpha value is -2.40. The predicted octanol–water partition coefficient (Wildman–Crippen LogP) is 4.42. The third kappa shape index (κ3) is 4.45. The quantitative estimate of drug-likeness (QED) is 0.733. The second-order valence-corrected chi connectivity index (χ2v) is 8.15. The number of nitrogens with two attached hydrogens (primary N) is 1. The lowest BCUT2D eigenvalue weighted by Crippen LogP contribution is -2.34. The fourth-order valence-corrected chi connectivity index (χ4v) is 4.72. The number of rotatable bonds is 6. The van der Waals surface area contributed by atoms with Gasteiger partial charge < -0.3 is 24.8 Å². The minimum atomic E-state index is 0.547. The molecule has 5 nitrogen and oxygen atoms in total. The molecule has 1 atom stereocenters. The summed E-state index contributed by atoms with van der Waals surface area (Å²) in [6.45, 7) is 4.23. The van der Waals surface area contributed by atoms with Gasteiger partial charge in [-0.15, -0.1) is 0 Å². The van der Waals surface area contributed by atoms with Crippen LogP contribution in [0.1, 0.15) is 48.6 Å². The summed E-state index contributed by atoms with van der Waals surface area (Å²) in [6.07, 6.45) is 4.62. The number of ether oxygens (including phenoxy) is 3. The van der Waals surface area contributed by atoms with Gasteiger partial charge in [-0.05, 0) is 98.6 Å². The predicted molar refractivity (Wildman–Crippen MR) is 116 cm³/mol. The molecule has 4 rings (SSSR count). The number of nitrogen functional groups attached to an aromatic ring is 1. The van der Waals surface area contributed by atoms with Crippen molar-refractivity contribution in [3.05, 3.63) is 47.5 Å². The summed E-state index contributed by atoms with van der Waals surface area (Å²) in [4.78, 5) is 2.61. The number of anilines is 1. The van der Waals surface area contributed by atoms with Crippen LogP contribution in [0.25, 0.3) is 0 Å². The van der Waals surface area contributed by atoms with E-state index < -0.39 is 0 Å². The Kier molecular flexibility index (Phi) is 6.14. The highest BCUT2D eigenvalue weighted by atomic mass is 16.5. The molecule has 2 aromatic carbocycles. The molecule has 1 fully saturated rings. The number of methoxy groups -OCH3 is 2. The van der Waals surface area contributed by atoms with Crippen LogP contribution in [0.4, 0.5) is 5.69 Å². The van der Waals surface area contributed by atoms with E-state index in [1.807, 2.05) is 18.2 Å². The van der Waals surface area contributed by atoms with E-state index in [2.05, 4.69) is 23.1 Å². The summed E-state index contributed by atoms with van der Waals surface area (Å²) in [5.41, 5.74) is 9.48. The summed E-state index contributed by atoms with van der Waals surface area (Å²) < 4.78 is 16.7. The molecule has 0 saturated carbocycles. The van der Waals surface area contributed by atoms with Crippen LogP contribution in [0.15, 0.2) is 36.4 Å². The van der Waals surface area contributed by atoms with Gasteiger partial charge in [-0.2, -0.15) is 0 Å². The van der Waals surface area contributed by atoms with Crippen molar-refractivity contribution >= 4 is 5.69 Å². The molecule has 1 unspecified atom stereocenters. The summed E-state index contributed by atoms with van der Waals surface area (Å²) >= 11 is 0. The van der Waals surface area contributed by atoms with Gasteiger partial charge >= 0.3 is 0 Å². The molecule has 0 spiro atoms. The molecular formula is C24H32N2O3. The molecule has 2 N–H and O–H groups in total. The molecular weight excluding hydrogens is 364 g/mol. The lowest BCUT2D eigenvalue weighted by atomic mass is 9.87. The first-order chi connectivity index (χ1) is 14.2. The molecule has 1 saturated heterocycles. The average Bonchev–Trinajstić information content (AvgIpc) is 2.77. The van der Waals surface area contributed by atoms with Gasteiger partial charge in [-0.1, -0.05) is 6.07 Å². The second-order valence-electron chi connectivity index (χ2n) is 8.15. The van der Waals surface area contributed by atoms with E-state index in [4.69, 9.17) is 19.9 Å². The van der Waals surface area contributed by atoms with Crippen molar-refractivity contribution in [2.75, 3.05) is 46.2 Å². The zero-order valence-electron chi connectivity index (χ0n) is 17.5. The summed E-state index contributed by atoms with van der Waals surface area (Å²) in [7, 11) is 3.38. The summed E-state index contributed by atoms with van der Waals surface area (Å²) in [5, 5.41) is 0. The second kappa shape index (κ2) is 8.95. The van der Waals surface area contributed by atoms with Crippen LogP contribution in [-0.4, -0.2) is 45.4 Å². The molecule has 0 aliphatic carbocycles. The number of nitrogens with zero attached hydrogens (tertiary/aromatic N) is 1. The number of hydrogen-bond acceptors (Lipinski definition) is 5. The van der Waals surface area contributed by atoms with Crippen molar-refractivity contribution in [3.63, 3.8) is 0 Å². The third-order valence-corrected chi connectivity index (χ3v) is 6.46. The number of fused-ring (bicyclic) bond motifs is 1. The Bertz CT molecular complexity index is 831. The van der Waals surface area contributed by atoms with Crippen LogP contribution in [0.5, 0.6) is 17.2 Å². The van der Waals surface area contributed by atoms with Crippen molar-refractivity contribution in [1.29, 1.82) is 0 Å². The molecule has 2 aliphatic heterocycles. The summed E-state index contributed by atoms with van der Waals surface area (Å²) in [5.74, 6) is 3.78. The van der Waals surface area contributed by atoms with Gasteiger partial charge in [0.1, 0.15) is 5.75 Å². The maximum atomic E-state index is 6.01. The van der Waals surface area contributed by atoms with Gasteiger partial charge in [0.25, 0.3) is 0 Å². The summed E-state index contributed by atoms with van der Waals surface area (Å²) in [6, 6.07) is 12.4. The average molecular weight is 397 g/mol. The molecule has 2 aromatic rings. The highest BCUT2D eigenvalue weighted by Gasteiger charge is 2.25. The maximum absolute atomic E-state index is 6.01. The third-order valence-electron chi connectivity index (χ3n) is 6.46. The highest BCUT2D eigenvalue weighted by molar-refractivity contribution is 5.50. The van der Waals surface area contributed by atoms with E-state index in [9.17, 15) is 0 Å². The first-order valence-corrected chi connectivity index (χ1v) is 10.6. The van der Waals surface area contributed by atoms with Crippen LogP contribution >= 0.6 is 0 Å². The SMILES string of the molecule is COc1ccc(C2CCN(CCC3CCOc4ccc(N)cc43)CC2)cc1OC. The van der Waals surface area contributed by atoms with E-state index in [-0.39, 0.29) is 0 Å². The van der Waals surface area contributed by atoms with Crippen molar-refractivity contribution in [2.45, 2.75) is 37.5 Å². The number of piperidine rings is 1. The number of hydrogen-bond donors (Lipinski definition) is 1. The normalized spacial score (nSPS) is 20.0. The highest BCUT2D eigenvalue weighted by Crippen LogP contribution is 2.38. The van der Waals surface area contributed by atoms with Crippen molar-refractivity contribution in [1.82, 2.24) is 4.90 Å². The van der Waals surface area contributed by atoms with Gasteiger partial charge in [-0.3, -0.25) is 0 Å². The molecule has 0 radical (unpaired) electrons. The van der Waals surface area contributed by atoms with E-state index in [1.165, 1.54) is 30.4 Å². The fraction of sp³-hybridized carbons (Fsp3) is 0.500. The Morgan fingerprint density at radius 1 is 1.00 bits per heavy atom. The number of benzene rings is 2. The lowest BCUT2D eigenvalue weighted by Gasteiger charge is -2.34. The van der Waals surface area contributed by atoms with Gasteiger partial charge in [0.05, 0.1) is 20.8 Å². The number of likely N-dealkylation sites (tertiary alicyclic amines) is 1. The van der Waals surface area contributed by atoms with Crippen LogP contribution < -0.4 is 19.9 Å². The minimum Gasteiger partial charge on any atom is -0.493 e. The van der Waals surface area contributed by atoms with Crippen LogP contribution in [0.2, 0.25) is 0 Å². The van der Waals surface area contributed by atoms with Gasteiger partial charge in [0, 0.05) is 5.69 Å². The smallest absolute Gasteiger partial charge is 0.160 e. The molecule has 0 bridgehead atoms. The Morgan fingerprint density at radius 3 is 2.55 bits per heavy atom. The largest absolute Gasteiger partial charge is 0.493 e. The van der Waals surface area contributed by atoms with E-state index in [0.29, 0.717) is 11.8 Å².